The maximum Gasteiger partial charge on any atom is 0.330 e. The van der Waals surface area contributed by atoms with Crippen LogP contribution < -0.4 is 0 Å². The maximum atomic E-state index is 13.3. The SMILES string of the molecule is CCCCC/C=C/C/C=C/C(=O)O[C@@H]1[C@@H](C)[C@@]2(O)[C@H]([C@@H]3C(C)(C)[C@]13OC(C)=O)[C@@H](OO)C(CO)=C[C@]1(O)C(=O)C(C)=C[C@@H]21. The Hall–Kier alpha value is -2.63. The smallest absolute Gasteiger partial charge is 0.330 e. The number of unbranched alkanes of at least 4 members (excludes halogenated alkanes) is 3. The third kappa shape index (κ3) is 5.05. The van der Waals surface area contributed by atoms with Gasteiger partial charge in [0.05, 0.1) is 12.2 Å². The zero-order valence-electron chi connectivity index (χ0n) is 25.9. The number of allylic oxidation sites excluding steroid dienone is 3. The van der Waals surface area contributed by atoms with Gasteiger partial charge < -0.3 is 24.8 Å². The molecule has 4 N–H and O–H groups in total. The number of ketones is 1. The minimum Gasteiger partial charge on any atom is -0.455 e. The molecule has 0 heterocycles. The van der Waals surface area contributed by atoms with E-state index in [1.54, 1.807) is 26.8 Å². The number of hydrogen-bond acceptors (Lipinski definition) is 10. The minimum atomic E-state index is -2.25. The summed E-state index contributed by atoms with van der Waals surface area (Å²) in [6, 6.07) is 0. The van der Waals surface area contributed by atoms with Gasteiger partial charge >= 0.3 is 11.9 Å². The molecule has 4 rings (SSSR count). The number of ether oxygens (including phenoxy) is 2. The molecule has 0 aromatic carbocycles. The van der Waals surface area contributed by atoms with Crippen LogP contribution in [0.3, 0.4) is 0 Å². The van der Waals surface area contributed by atoms with E-state index in [1.807, 2.05) is 6.08 Å². The number of carbonyl (C=O) groups excluding carboxylic acids is 3. The van der Waals surface area contributed by atoms with Crippen LogP contribution in [0, 0.1) is 29.1 Å². The molecule has 0 aromatic rings. The van der Waals surface area contributed by atoms with Crippen molar-refractivity contribution in [2.45, 2.75) is 103 Å². The van der Waals surface area contributed by atoms with Gasteiger partial charge in [0.15, 0.2) is 17.0 Å². The molecular weight excluding hydrogens is 556 g/mol. The topological polar surface area (TPSA) is 160 Å². The van der Waals surface area contributed by atoms with Gasteiger partial charge in [0.1, 0.15) is 12.2 Å². The number of carbonyl (C=O) groups is 3. The molecule has 0 unspecified atom stereocenters. The molecule has 0 spiro atoms. The van der Waals surface area contributed by atoms with E-state index >= 15 is 0 Å². The molecule has 0 bridgehead atoms. The lowest BCUT2D eigenvalue weighted by Gasteiger charge is -2.54. The van der Waals surface area contributed by atoms with Crippen molar-refractivity contribution in [2.24, 2.45) is 29.1 Å². The molecule has 10 heteroatoms. The molecule has 43 heavy (non-hydrogen) atoms. The molecule has 0 aliphatic heterocycles. The average Bonchev–Trinajstić information content (AvgIpc) is 3.35. The van der Waals surface area contributed by atoms with E-state index in [2.05, 4.69) is 13.0 Å². The highest BCUT2D eigenvalue weighted by atomic mass is 17.1. The molecule has 10 nitrogen and oxygen atoms in total. The second-order valence-corrected chi connectivity index (χ2v) is 13.1. The van der Waals surface area contributed by atoms with Crippen molar-refractivity contribution in [1.29, 1.82) is 0 Å². The van der Waals surface area contributed by atoms with Gasteiger partial charge in [0.2, 0.25) is 0 Å². The van der Waals surface area contributed by atoms with Crippen LogP contribution in [0.4, 0.5) is 0 Å². The molecule has 0 amide bonds. The van der Waals surface area contributed by atoms with Gasteiger partial charge in [-0.05, 0) is 43.4 Å². The maximum absolute atomic E-state index is 13.3. The van der Waals surface area contributed by atoms with Crippen molar-refractivity contribution >= 4 is 17.7 Å². The predicted octanol–water partition coefficient (Wildman–Crippen LogP) is 3.60. The first kappa shape index (κ1) is 33.3. The number of Topliss-reactive ketones (excluding diaryl/α,β-unsaturated/α-hetero) is 1. The third-order valence-corrected chi connectivity index (χ3v) is 10.4. The number of esters is 2. The molecule has 4 aliphatic carbocycles. The van der Waals surface area contributed by atoms with E-state index in [9.17, 15) is 35.0 Å². The van der Waals surface area contributed by atoms with Crippen LogP contribution in [0.25, 0.3) is 0 Å². The Bertz CT molecular complexity index is 1250. The molecule has 2 fully saturated rings. The fourth-order valence-corrected chi connectivity index (χ4v) is 8.38. The number of hydrogen-bond donors (Lipinski definition) is 4. The van der Waals surface area contributed by atoms with Crippen LogP contribution in [0.2, 0.25) is 0 Å². The van der Waals surface area contributed by atoms with Gasteiger partial charge in [-0.3, -0.25) is 14.8 Å². The Morgan fingerprint density at radius 3 is 2.42 bits per heavy atom. The highest BCUT2D eigenvalue weighted by molar-refractivity contribution is 6.06. The minimum absolute atomic E-state index is 0.000118. The zero-order valence-corrected chi connectivity index (χ0v) is 25.9. The Morgan fingerprint density at radius 1 is 1.12 bits per heavy atom. The molecule has 0 aromatic heterocycles. The van der Waals surface area contributed by atoms with E-state index in [1.165, 1.54) is 26.0 Å². The van der Waals surface area contributed by atoms with Gasteiger partial charge in [-0.2, -0.15) is 0 Å². The summed E-state index contributed by atoms with van der Waals surface area (Å²) in [5, 5.41) is 45.0. The molecule has 0 radical (unpaired) electrons. The summed E-state index contributed by atoms with van der Waals surface area (Å²) in [7, 11) is 0. The highest BCUT2D eigenvalue weighted by Gasteiger charge is 2.89. The standard InChI is InChI=1S/C33H46O10/c1-7-8-9-10-11-12-13-14-15-24(36)41-29-20(3)32(39)23-16-19(2)28(37)31(23,38)17-22(18-34)26(43-40)25(32)27-30(5,6)33(27,29)42-21(4)35/h11-12,14-17,20,23,25-27,29,34,38-40H,7-10,13,18H2,1-6H3/b12-11+,15-14+/t20-,23-,25+,26+,27-,29-,31-,32+,33-/m1/s1. The number of fused-ring (bicyclic) bond motifs is 5. The summed E-state index contributed by atoms with van der Waals surface area (Å²) in [4.78, 5) is 43.9. The van der Waals surface area contributed by atoms with Crippen LogP contribution in [0.1, 0.15) is 73.6 Å². The fraction of sp³-hybridized carbons (Fsp3) is 0.667. The van der Waals surface area contributed by atoms with Crippen molar-refractivity contribution in [3.05, 3.63) is 47.6 Å². The first-order valence-electron chi connectivity index (χ1n) is 15.2. The summed E-state index contributed by atoms with van der Waals surface area (Å²) in [5.41, 5.74) is -6.41. The van der Waals surface area contributed by atoms with E-state index in [-0.39, 0.29) is 11.1 Å². The van der Waals surface area contributed by atoms with Crippen LogP contribution in [-0.2, 0) is 28.7 Å². The van der Waals surface area contributed by atoms with E-state index < -0.39 is 82.4 Å². The van der Waals surface area contributed by atoms with Gasteiger partial charge in [0, 0.05) is 42.1 Å². The van der Waals surface area contributed by atoms with Crippen molar-refractivity contribution < 1.29 is 49.3 Å². The molecular formula is C33H46O10. The average molecular weight is 603 g/mol. The lowest BCUT2D eigenvalue weighted by Crippen LogP contribution is -2.68. The largest absolute Gasteiger partial charge is 0.455 e. The van der Waals surface area contributed by atoms with Crippen molar-refractivity contribution in [3.63, 3.8) is 0 Å². The van der Waals surface area contributed by atoms with Crippen molar-refractivity contribution in [1.82, 2.24) is 0 Å². The highest BCUT2D eigenvalue weighted by Crippen LogP contribution is 2.77. The van der Waals surface area contributed by atoms with Crippen molar-refractivity contribution in [2.75, 3.05) is 6.61 Å². The van der Waals surface area contributed by atoms with Crippen LogP contribution in [-0.4, -0.2) is 73.9 Å². The van der Waals surface area contributed by atoms with E-state index in [4.69, 9.17) is 14.4 Å². The lowest BCUT2D eigenvalue weighted by atomic mass is 9.58. The van der Waals surface area contributed by atoms with E-state index in [0.29, 0.717) is 6.42 Å². The summed E-state index contributed by atoms with van der Waals surface area (Å²) < 4.78 is 12.0. The van der Waals surface area contributed by atoms with Gasteiger partial charge in [-0.15, -0.1) is 0 Å². The fourth-order valence-electron chi connectivity index (χ4n) is 8.38. The van der Waals surface area contributed by atoms with Crippen LogP contribution in [0.15, 0.2) is 47.6 Å². The Kier molecular flexibility index (Phi) is 9.32. The summed E-state index contributed by atoms with van der Waals surface area (Å²) in [5.74, 6) is -6.12. The summed E-state index contributed by atoms with van der Waals surface area (Å²) in [6.45, 7) is 9.43. The quantitative estimate of drug-likeness (QED) is 0.0687. The molecule has 4 aliphatic rings. The number of aliphatic hydroxyl groups excluding tert-OH is 1. The molecule has 9 atom stereocenters. The van der Waals surface area contributed by atoms with Crippen molar-refractivity contribution in [3.8, 4) is 0 Å². The monoisotopic (exact) mass is 602 g/mol. The first-order chi connectivity index (χ1) is 20.2. The van der Waals surface area contributed by atoms with E-state index in [0.717, 1.165) is 31.8 Å². The normalized spacial score (nSPS) is 39.4. The molecule has 2 saturated carbocycles. The van der Waals surface area contributed by atoms with Crippen LogP contribution in [0.5, 0.6) is 0 Å². The Morgan fingerprint density at radius 2 is 1.81 bits per heavy atom. The molecule has 0 saturated heterocycles. The third-order valence-electron chi connectivity index (χ3n) is 10.4. The summed E-state index contributed by atoms with van der Waals surface area (Å²) in [6.07, 6.45) is 11.9. The number of aliphatic hydroxyl groups is 3. The van der Waals surface area contributed by atoms with Gasteiger partial charge in [-0.1, -0.05) is 64.8 Å². The first-order valence-corrected chi connectivity index (χ1v) is 15.2. The Labute approximate surface area is 253 Å². The second-order valence-electron chi connectivity index (χ2n) is 13.1. The lowest BCUT2D eigenvalue weighted by molar-refractivity contribution is -0.313. The summed E-state index contributed by atoms with van der Waals surface area (Å²) >= 11 is 0. The predicted molar refractivity (Wildman–Crippen MR) is 156 cm³/mol. The van der Waals surface area contributed by atoms with Crippen LogP contribution >= 0.6 is 0 Å². The van der Waals surface area contributed by atoms with Gasteiger partial charge in [-0.25, -0.2) is 9.68 Å². The van der Waals surface area contributed by atoms with Gasteiger partial charge in [0.25, 0.3) is 0 Å². The second kappa shape index (κ2) is 12.0. The molecule has 238 valence electrons. The zero-order chi connectivity index (χ0) is 32.0. The number of rotatable bonds is 11. The Balaban J connectivity index is 1.76.